The number of carbonyl (C=O) groups is 1. The highest BCUT2D eigenvalue weighted by Gasteiger charge is 2.10. The van der Waals surface area contributed by atoms with Crippen molar-refractivity contribution < 1.29 is 9.53 Å². The number of hydrogen-bond donors (Lipinski definition) is 0. The Balaban J connectivity index is 2.12. The molecule has 0 fully saturated rings. The molecule has 0 bridgehead atoms. The first-order valence-electron chi connectivity index (χ1n) is 5.18. The molecule has 0 aromatic rings. The number of allylic oxidation sites excluding steroid dienone is 2. The number of esters is 1. The molecule has 0 saturated heterocycles. The Bertz CT molecular complexity index is 241. The molecule has 1 aliphatic carbocycles. The van der Waals surface area contributed by atoms with Gasteiger partial charge in [0.2, 0.25) is 0 Å². The third-order valence-electron chi connectivity index (χ3n) is 2.49. The summed E-state index contributed by atoms with van der Waals surface area (Å²) in [6.07, 6.45) is 8.93. The van der Waals surface area contributed by atoms with Crippen LogP contribution in [0, 0.1) is 5.92 Å². The van der Waals surface area contributed by atoms with Crippen molar-refractivity contribution in [2.24, 2.45) is 5.92 Å². The van der Waals surface area contributed by atoms with E-state index in [9.17, 15) is 4.79 Å². The zero-order valence-electron chi connectivity index (χ0n) is 8.79. The van der Waals surface area contributed by atoms with E-state index in [1.54, 1.807) is 6.92 Å². The van der Waals surface area contributed by atoms with Crippen LogP contribution >= 0.6 is 0 Å². The van der Waals surface area contributed by atoms with Crippen LogP contribution in [0.3, 0.4) is 0 Å². The van der Waals surface area contributed by atoms with Gasteiger partial charge in [0, 0.05) is 5.57 Å². The predicted octanol–water partition coefficient (Wildman–Crippen LogP) is 2.85. The monoisotopic (exact) mass is 194 g/mol. The number of ether oxygens (including phenoxy) is 1. The third-order valence-corrected chi connectivity index (χ3v) is 2.49. The fourth-order valence-corrected chi connectivity index (χ4v) is 1.56. The average molecular weight is 194 g/mol. The molecule has 1 rings (SSSR count). The summed E-state index contributed by atoms with van der Waals surface area (Å²) in [7, 11) is 0. The van der Waals surface area contributed by atoms with Crippen LogP contribution in [0.1, 0.15) is 32.6 Å². The highest BCUT2D eigenvalue weighted by molar-refractivity contribution is 5.86. The smallest absolute Gasteiger partial charge is 0.333 e. The zero-order valence-corrected chi connectivity index (χ0v) is 8.79. The summed E-state index contributed by atoms with van der Waals surface area (Å²) in [5, 5.41) is 0. The predicted molar refractivity (Wildman–Crippen MR) is 56.9 cm³/mol. The Morgan fingerprint density at radius 2 is 2.36 bits per heavy atom. The van der Waals surface area contributed by atoms with Crippen LogP contribution in [0.2, 0.25) is 0 Å². The lowest BCUT2D eigenvalue weighted by atomic mass is 9.92. The molecule has 0 heterocycles. The summed E-state index contributed by atoms with van der Waals surface area (Å²) in [5.41, 5.74) is 0.480. The van der Waals surface area contributed by atoms with Crippen LogP contribution < -0.4 is 0 Å². The van der Waals surface area contributed by atoms with Gasteiger partial charge in [-0.15, -0.1) is 0 Å². The van der Waals surface area contributed by atoms with Crippen LogP contribution in [-0.2, 0) is 9.53 Å². The molecule has 1 unspecified atom stereocenters. The quantitative estimate of drug-likeness (QED) is 0.391. The molecule has 0 saturated carbocycles. The maximum Gasteiger partial charge on any atom is 0.333 e. The van der Waals surface area contributed by atoms with E-state index in [2.05, 4.69) is 18.7 Å². The lowest BCUT2D eigenvalue weighted by Crippen LogP contribution is -2.11. The first kappa shape index (κ1) is 11.0. The lowest BCUT2D eigenvalue weighted by molar-refractivity contribution is -0.139. The molecular formula is C12H18O2. The summed E-state index contributed by atoms with van der Waals surface area (Å²) in [6.45, 7) is 5.74. The van der Waals surface area contributed by atoms with Crippen LogP contribution in [0.25, 0.3) is 0 Å². The molecule has 0 aromatic carbocycles. The Kier molecular flexibility index (Phi) is 4.44. The van der Waals surface area contributed by atoms with E-state index in [1.807, 2.05) is 0 Å². The van der Waals surface area contributed by atoms with Gasteiger partial charge in [-0.05, 0) is 38.5 Å². The molecule has 0 aromatic heterocycles. The molecule has 2 heteroatoms. The van der Waals surface area contributed by atoms with E-state index < -0.39 is 0 Å². The van der Waals surface area contributed by atoms with Gasteiger partial charge in [0.05, 0.1) is 6.61 Å². The largest absolute Gasteiger partial charge is 0.462 e. The summed E-state index contributed by atoms with van der Waals surface area (Å²) in [6, 6.07) is 0. The van der Waals surface area contributed by atoms with Crippen molar-refractivity contribution in [1.82, 2.24) is 0 Å². The number of carbonyl (C=O) groups excluding carboxylic acids is 1. The Hall–Kier alpha value is -1.05. The topological polar surface area (TPSA) is 26.3 Å². The van der Waals surface area contributed by atoms with Crippen LogP contribution in [0.15, 0.2) is 24.3 Å². The van der Waals surface area contributed by atoms with Gasteiger partial charge in [-0.3, -0.25) is 0 Å². The normalized spacial score (nSPS) is 20.5. The van der Waals surface area contributed by atoms with Crippen molar-refractivity contribution in [3.8, 4) is 0 Å². The summed E-state index contributed by atoms with van der Waals surface area (Å²) < 4.78 is 5.04. The third kappa shape index (κ3) is 3.77. The fraction of sp³-hybridized carbons (Fsp3) is 0.583. The van der Waals surface area contributed by atoms with E-state index >= 15 is 0 Å². The van der Waals surface area contributed by atoms with Gasteiger partial charge in [0.15, 0.2) is 0 Å². The second-order valence-electron chi connectivity index (χ2n) is 3.86. The lowest BCUT2D eigenvalue weighted by Gasteiger charge is -2.17. The highest BCUT2D eigenvalue weighted by Crippen LogP contribution is 2.21. The standard InChI is InChI=1S/C12H18O2/c1-10(2)12(13)14-9-8-11-6-4-3-5-7-11/h3-4,11H,1,5-9H2,2H3. The van der Waals surface area contributed by atoms with Crippen LogP contribution in [0.5, 0.6) is 0 Å². The Labute approximate surface area is 85.6 Å². The van der Waals surface area contributed by atoms with E-state index in [0.717, 1.165) is 12.8 Å². The summed E-state index contributed by atoms with van der Waals surface area (Å²) in [5.74, 6) is 0.425. The molecule has 1 atom stereocenters. The zero-order chi connectivity index (χ0) is 10.4. The van der Waals surface area contributed by atoms with E-state index in [-0.39, 0.29) is 5.97 Å². The van der Waals surface area contributed by atoms with E-state index in [0.29, 0.717) is 18.1 Å². The van der Waals surface area contributed by atoms with Crippen molar-refractivity contribution in [2.75, 3.05) is 6.61 Å². The molecule has 0 aliphatic heterocycles. The van der Waals surface area contributed by atoms with Crippen molar-refractivity contribution in [3.63, 3.8) is 0 Å². The van der Waals surface area contributed by atoms with Gasteiger partial charge in [-0.25, -0.2) is 4.79 Å². The van der Waals surface area contributed by atoms with E-state index in [4.69, 9.17) is 4.74 Å². The van der Waals surface area contributed by atoms with Gasteiger partial charge in [-0.1, -0.05) is 18.7 Å². The molecular weight excluding hydrogens is 176 g/mol. The fourth-order valence-electron chi connectivity index (χ4n) is 1.56. The summed E-state index contributed by atoms with van der Waals surface area (Å²) in [4.78, 5) is 11.0. The molecule has 1 aliphatic rings. The SMILES string of the molecule is C=C(C)C(=O)OCCC1CC=CCC1. The van der Waals surface area contributed by atoms with Gasteiger partial charge in [-0.2, -0.15) is 0 Å². The average Bonchev–Trinajstić information content (AvgIpc) is 2.19. The minimum atomic E-state index is -0.267. The maximum absolute atomic E-state index is 11.0. The van der Waals surface area contributed by atoms with E-state index in [1.165, 1.54) is 12.8 Å². The molecule has 0 spiro atoms. The summed E-state index contributed by atoms with van der Waals surface area (Å²) >= 11 is 0. The minimum absolute atomic E-state index is 0.267. The van der Waals surface area contributed by atoms with Crippen molar-refractivity contribution in [2.45, 2.75) is 32.6 Å². The molecule has 0 amide bonds. The van der Waals surface area contributed by atoms with Crippen LogP contribution in [0.4, 0.5) is 0 Å². The first-order valence-corrected chi connectivity index (χ1v) is 5.18. The van der Waals surface area contributed by atoms with Gasteiger partial charge in [0.1, 0.15) is 0 Å². The molecule has 0 N–H and O–H groups in total. The molecule has 0 radical (unpaired) electrons. The van der Waals surface area contributed by atoms with Crippen molar-refractivity contribution >= 4 is 5.97 Å². The highest BCUT2D eigenvalue weighted by atomic mass is 16.5. The Morgan fingerprint density at radius 1 is 1.57 bits per heavy atom. The van der Waals surface area contributed by atoms with Crippen LogP contribution in [-0.4, -0.2) is 12.6 Å². The van der Waals surface area contributed by atoms with Crippen molar-refractivity contribution in [1.29, 1.82) is 0 Å². The van der Waals surface area contributed by atoms with Gasteiger partial charge < -0.3 is 4.74 Å². The molecule has 2 nitrogen and oxygen atoms in total. The molecule has 78 valence electrons. The first-order chi connectivity index (χ1) is 6.70. The van der Waals surface area contributed by atoms with Gasteiger partial charge >= 0.3 is 5.97 Å². The van der Waals surface area contributed by atoms with Crippen molar-refractivity contribution in [3.05, 3.63) is 24.3 Å². The maximum atomic E-state index is 11.0. The number of rotatable bonds is 4. The second-order valence-corrected chi connectivity index (χ2v) is 3.86. The second kappa shape index (κ2) is 5.63. The Morgan fingerprint density at radius 3 is 2.93 bits per heavy atom. The number of hydrogen-bond acceptors (Lipinski definition) is 2. The van der Waals surface area contributed by atoms with Gasteiger partial charge in [0.25, 0.3) is 0 Å². The minimum Gasteiger partial charge on any atom is -0.462 e. The molecule has 14 heavy (non-hydrogen) atoms.